The van der Waals surface area contributed by atoms with Crippen molar-refractivity contribution in [2.45, 2.75) is 0 Å². The molecular formula is C16H10O4. The van der Waals surface area contributed by atoms with E-state index in [2.05, 4.69) is 0 Å². The zero-order chi connectivity index (χ0) is 14.3. The van der Waals surface area contributed by atoms with Gasteiger partial charge < -0.3 is 10.2 Å². The van der Waals surface area contributed by atoms with Gasteiger partial charge in [0.2, 0.25) is 0 Å². The van der Waals surface area contributed by atoms with E-state index in [1.54, 1.807) is 18.2 Å². The highest BCUT2D eigenvalue weighted by Gasteiger charge is 2.28. The predicted octanol–water partition coefficient (Wildman–Crippen LogP) is 2.88. The first-order valence-electron chi connectivity index (χ1n) is 6.00. The van der Waals surface area contributed by atoms with E-state index >= 15 is 0 Å². The van der Waals surface area contributed by atoms with Crippen molar-refractivity contribution in [1.82, 2.24) is 0 Å². The SMILES string of the molecule is O=C(O)C=C1c2ccccc2-c2cccc(C(=O)O)c21. The lowest BCUT2D eigenvalue weighted by Gasteiger charge is -2.05. The molecule has 0 fully saturated rings. The van der Waals surface area contributed by atoms with E-state index in [1.807, 2.05) is 18.2 Å². The maximum Gasteiger partial charge on any atom is 0.336 e. The molecular weight excluding hydrogens is 256 g/mol. The Bertz CT molecular complexity index is 772. The van der Waals surface area contributed by atoms with Crippen LogP contribution in [-0.4, -0.2) is 22.2 Å². The summed E-state index contributed by atoms with van der Waals surface area (Å²) >= 11 is 0. The molecule has 0 unspecified atom stereocenters. The molecule has 20 heavy (non-hydrogen) atoms. The molecule has 1 aliphatic rings. The van der Waals surface area contributed by atoms with Gasteiger partial charge in [0.25, 0.3) is 0 Å². The minimum Gasteiger partial charge on any atom is -0.478 e. The first kappa shape index (κ1) is 12.2. The minimum atomic E-state index is -1.09. The molecule has 1 aliphatic carbocycles. The molecule has 0 aromatic heterocycles. The summed E-state index contributed by atoms with van der Waals surface area (Å²) in [5.41, 5.74) is 3.40. The number of aliphatic carboxylic acids is 1. The highest BCUT2D eigenvalue weighted by atomic mass is 16.4. The van der Waals surface area contributed by atoms with Crippen molar-refractivity contribution in [3.8, 4) is 11.1 Å². The van der Waals surface area contributed by atoms with Crippen LogP contribution >= 0.6 is 0 Å². The van der Waals surface area contributed by atoms with Gasteiger partial charge >= 0.3 is 11.9 Å². The summed E-state index contributed by atoms with van der Waals surface area (Å²) in [6, 6.07) is 12.3. The molecule has 2 aromatic rings. The van der Waals surface area contributed by atoms with E-state index in [0.29, 0.717) is 11.1 Å². The summed E-state index contributed by atoms with van der Waals surface area (Å²) in [6.07, 6.45) is 1.07. The van der Waals surface area contributed by atoms with E-state index in [1.165, 1.54) is 6.07 Å². The van der Waals surface area contributed by atoms with Gasteiger partial charge in [-0.2, -0.15) is 0 Å². The molecule has 98 valence electrons. The fourth-order valence-corrected chi connectivity index (χ4v) is 2.61. The van der Waals surface area contributed by atoms with Gasteiger partial charge in [-0.1, -0.05) is 36.4 Å². The van der Waals surface area contributed by atoms with E-state index in [9.17, 15) is 14.7 Å². The summed E-state index contributed by atoms with van der Waals surface area (Å²) in [4.78, 5) is 22.4. The number of fused-ring (bicyclic) bond motifs is 3. The average Bonchev–Trinajstić information content (AvgIpc) is 2.73. The molecule has 0 atom stereocenters. The Balaban J connectivity index is 2.40. The molecule has 2 N–H and O–H groups in total. The fourth-order valence-electron chi connectivity index (χ4n) is 2.61. The Morgan fingerprint density at radius 1 is 0.850 bits per heavy atom. The quantitative estimate of drug-likeness (QED) is 0.699. The Kier molecular flexibility index (Phi) is 2.64. The van der Waals surface area contributed by atoms with Crippen LogP contribution in [0.25, 0.3) is 16.7 Å². The molecule has 4 nitrogen and oxygen atoms in total. The van der Waals surface area contributed by atoms with Crippen molar-refractivity contribution < 1.29 is 19.8 Å². The van der Waals surface area contributed by atoms with Gasteiger partial charge in [0.15, 0.2) is 0 Å². The maximum atomic E-state index is 11.4. The van der Waals surface area contributed by atoms with E-state index in [4.69, 9.17) is 5.11 Å². The number of aromatic carboxylic acids is 1. The number of carboxylic acid groups (broad SMARTS) is 2. The number of benzene rings is 2. The maximum absolute atomic E-state index is 11.4. The van der Waals surface area contributed by atoms with Crippen LogP contribution in [0.15, 0.2) is 48.5 Å². The Morgan fingerprint density at radius 3 is 2.15 bits per heavy atom. The fraction of sp³-hybridized carbons (Fsp3) is 0. The van der Waals surface area contributed by atoms with Crippen LogP contribution in [0, 0.1) is 0 Å². The smallest absolute Gasteiger partial charge is 0.336 e. The Morgan fingerprint density at radius 2 is 1.50 bits per heavy atom. The second-order valence-corrected chi connectivity index (χ2v) is 4.48. The average molecular weight is 266 g/mol. The number of hydrogen-bond acceptors (Lipinski definition) is 2. The molecule has 0 saturated carbocycles. The lowest BCUT2D eigenvalue weighted by molar-refractivity contribution is -0.131. The summed E-state index contributed by atoms with van der Waals surface area (Å²) in [6.45, 7) is 0. The minimum absolute atomic E-state index is 0.117. The van der Waals surface area contributed by atoms with E-state index in [0.717, 1.165) is 22.8 Å². The molecule has 0 amide bonds. The number of carbonyl (C=O) groups is 2. The van der Waals surface area contributed by atoms with Gasteiger partial charge in [-0.05, 0) is 28.3 Å². The lowest BCUT2D eigenvalue weighted by Crippen LogP contribution is -2.02. The van der Waals surface area contributed by atoms with E-state index < -0.39 is 11.9 Å². The number of hydrogen-bond donors (Lipinski definition) is 2. The van der Waals surface area contributed by atoms with Crippen molar-refractivity contribution in [3.05, 3.63) is 65.2 Å². The molecule has 0 spiro atoms. The molecule has 2 aromatic carbocycles. The number of rotatable bonds is 2. The van der Waals surface area contributed by atoms with E-state index in [-0.39, 0.29) is 5.56 Å². The standard InChI is InChI=1S/C16H10O4/c17-14(18)8-13-10-5-2-1-4-9(10)11-6-3-7-12(15(11)13)16(19)20/h1-8H,(H,17,18)(H,19,20). The van der Waals surface area contributed by atoms with Crippen LogP contribution in [0.2, 0.25) is 0 Å². The summed E-state index contributed by atoms with van der Waals surface area (Å²) in [7, 11) is 0. The van der Waals surface area contributed by atoms with Crippen LogP contribution in [0.1, 0.15) is 21.5 Å². The van der Waals surface area contributed by atoms with Gasteiger partial charge in [-0.3, -0.25) is 0 Å². The first-order valence-corrected chi connectivity index (χ1v) is 6.00. The van der Waals surface area contributed by atoms with Crippen molar-refractivity contribution in [2.24, 2.45) is 0 Å². The van der Waals surface area contributed by atoms with Gasteiger partial charge in [-0.25, -0.2) is 9.59 Å². The zero-order valence-corrected chi connectivity index (χ0v) is 10.3. The Labute approximate surface area is 114 Å². The summed E-state index contributed by atoms with van der Waals surface area (Å²) < 4.78 is 0. The Hall–Kier alpha value is -2.88. The topological polar surface area (TPSA) is 74.6 Å². The molecule has 4 heteroatoms. The summed E-state index contributed by atoms with van der Waals surface area (Å²) in [5, 5.41) is 18.3. The zero-order valence-electron chi connectivity index (χ0n) is 10.3. The van der Waals surface area contributed by atoms with Crippen molar-refractivity contribution in [3.63, 3.8) is 0 Å². The lowest BCUT2D eigenvalue weighted by atomic mass is 9.98. The summed E-state index contributed by atoms with van der Waals surface area (Å²) in [5.74, 6) is -2.16. The second-order valence-electron chi connectivity index (χ2n) is 4.48. The normalized spacial score (nSPS) is 13.9. The van der Waals surface area contributed by atoms with Gasteiger partial charge in [0.05, 0.1) is 5.56 Å². The monoisotopic (exact) mass is 266 g/mol. The number of carboxylic acids is 2. The van der Waals surface area contributed by atoms with Gasteiger partial charge in [0.1, 0.15) is 0 Å². The molecule has 0 saturated heterocycles. The predicted molar refractivity (Wildman–Crippen MR) is 73.6 cm³/mol. The highest BCUT2D eigenvalue weighted by Crippen LogP contribution is 2.45. The highest BCUT2D eigenvalue weighted by molar-refractivity contribution is 6.11. The third kappa shape index (κ3) is 1.70. The third-order valence-corrected chi connectivity index (χ3v) is 3.34. The first-order chi connectivity index (χ1) is 9.59. The van der Waals surface area contributed by atoms with Crippen molar-refractivity contribution >= 4 is 17.5 Å². The molecule has 0 radical (unpaired) electrons. The van der Waals surface area contributed by atoms with Crippen LogP contribution < -0.4 is 0 Å². The second kappa shape index (κ2) is 4.35. The van der Waals surface area contributed by atoms with Gasteiger partial charge in [0, 0.05) is 11.6 Å². The van der Waals surface area contributed by atoms with Crippen molar-refractivity contribution in [1.29, 1.82) is 0 Å². The molecule has 0 heterocycles. The van der Waals surface area contributed by atoms with Crippen LogP contribution in [0.3, 0.4) is 0 Å². The largest absolute Gasteiger partial charge is 0.478 e. The third-order valence-electron chi connectivity index (χ3n) is 3.34. The molecule has 3 rings (SSSR count). The van der Waals surface area contributed by atoms with Gasteiger partial charge in [-0.15, -0.1) is 0 Å². The van der Waals surface area contributed by atoms with Crippen LogP contribution in [0.5, 0.6) is 0 Å². The molecule has 0 aliphatic heterocycles. The molecule has 0 bridgehead atoms. The van der Waals surface area contributed by atoms with Crippen molar-refractivity contribution in [2.75, 3.05) is 0 Å². The van der Waals surface area contributed by atoms with Crippen LogP contribution in [0.4, 0.5) is 0 Å². The van der Waals surface area contributed by atoms with Crippen LogP contribution in [-0.2, 0) is 4.79 Å².